The Balaban J connectivity index is 1.45. The van der Waals surface area contributed by atoms with Gasteiger partial charge >= 0.3 is 0 Å². The van der Waals surface area contributed by atoms with Gasteiger partial charge in [-0.3, -0.25) is 9.59 Å². The molecule has 0 unspecified atom stereocenters. The van der Waals surface area contributed by atoms with Crippen LogP contribution >= 0.6 is 0 Å². The van der Waals surface area contributed by atoms with Crippen LogP contribution in [0, 0.1) is 0 Å². The van der Waals surface area contributed by atoms with Crippen molar-refractivity contribution >= 4 is 51.1 Å². The Morgan fingerprint density at radius 1 is 0.617 bits per heavy atom. The maximum Gasteiger partial charge on any atom is 0.197 e. The van der Waals surface area contributed by atoms with Crippen molar-refractivity contribution in [3.8, 4) is 11.1 Å². The molecule has 0 radical (unpaired) electrons. The van der Waals surface area contributed by atoms with Crippen molar-refractivity contribution in [2.45, 2.75) is 0 Å². The third kappa shape index (κ3) is 5.90. The van der Waals surface area contributed by atoms with Gasteiger partial charge < -0.3 is 4.90 Å². The van der Waals surface area contributed by atoms with Gasteiger partial charge in [-0.1, -0.05) is 136 Å². The fourth-order valence-corrected chi connectivity index (χ4v) is 5.99. The molecule has 3 nitrogen and oxygen atoms in total. The molecule has 0 heterocycles. The van der Waals surface area contributed by atoms with E-state index in [0.29, 0.717) is 11.1 Å². The number of hydrogen-bond donors (Lipinski definition) is 0. The molecule has 0 spiro atoms. The molecule has 0 atom stereocenters. The molecule has 6 rings (SSSR count). The van der Waals surface area contributed by atoms with Crippen molar-refractivity contribution in [2.75, 3.05) is 4.90 Å². The van der Waals surface area contributed by atoms with Crippen LogP contribution in [-0.4, -0.2) is 11.6 Å². The number of ketones is 2. The van der Waals surface area contributed by atoms with Crippen LogP contribution in [0.4, 0.5) is 17.1 Å². The first-order chi connectivity index (χ1) is 23.0. The molecule has 1 aliphatic carbocycles. The van der Waals surface area contributed by atoms with E-state index in [1.54, 1.807) is 12.2 Å². The Labute approximate surface area is 275 Å². The number of carbonyl (C=O) groups excluding carboxylic acids is 2. The van der Waals surface area contributed by atoms with Gasteiger partial charge in [-0.25, -0.2) is 0 Å². The van der Waals surface area contributed by atoms with Crippen molar-refractivity contribution in [1.82, 2.24) is 0 Å². The lowest BCUT2D eigenvalue weighted by molar-refractivity contribution is -0.115. The summed E-state index contributed by atoms with van der Waals surface area (Å²) in [7, 11) is 0. The quantitative estimate of drug-likeness (QED) is 0.0900. The van der Waals surface area contributed by atoms with Gasteiger partial charge in [0, 0.05) is 28.1 Å². The van der Waals surface area contributed by atoms with Crippen LogP contribution in [0.1, 0.15) is 11.1 Å². The summed E-state index contributed by atoms with van der Waals surface area (Å²) in [5.74, 6) is -0.649. The Bertz CT molecular complexity index is 2140. The summed E-state index contributed by atoms with van der Waals surface area (Å²) in [5, 5.41) is 2.01. The number of carbonyl (C=O) groups is 2. The molecule has 0 aliphatic heterocycles. The Kier molecular flexibility index (Phi) is 8.72. The number of Topliss-reactive ketones (excluding diaryl/α,β-unsaturated/α-hetero) is 2. The largest absolute Gasteiger partial charge is 0.310 e. The van der Waals surface area contributed by atoms with Gasteiger partial charge in [-0.15, -0.1) is 0 Å². The molecule has 0 amide bonds. The summed E-state index contributed by atoms with van der Waals surface area (Å²) in [5.41, 5.74) is 8.79. The predicted octanol–water partition coefficient (Wildman–Crippen LogP) is 10.9. The van der Waals surface area contributed by atoms with Crippen LogP contribution in [0.15, 0.2) is 189 Å². The highest BCUT2D eigenvalue weighted by Gasteiger charge is 2.32. The summed E-state index contributed by atoms with van der Waals surface area (Å²) in [4.78, 5) is 28.1. The van der Waals surface area contributed by atoms with E-state index in [9.17, 15) is 9.59 Å². The van der Waals surface area contributed by atoms with Crippen LogP contribution in [-0.2, 0) is 9.59 Å². The summed E-state index contributed by atoms with van der Waals surface area (Å²) in [6.07, 6.45) is 10.0. The number of hydrogen-bond acceptors (Lipinski definition) is 3. The SMILES string of the molecule is C=C/C=C(\C=C)c1ccc(N(c2ccc3cc(C=C4C(=O)C(C=C)=C(C=C)C4=O)ccc3c2)c2ccccc2-c2ccccc2)cc1. The first-order valence-corrected chi connectivity index (χ1v) is 15.3. The molecule has 0 bridgehead atoms. The molecule has 1 aliphatic rings. The smallest absolute Gasteiger partial charge is 0.197 e. The van der Waals surface area contributed by atoms with Crippen LogP contribution < -0.4 is 4.90 Å². The third-order valence-electron chi connectivity index (χ3n) is 8.30. The summed E-state index contributed by atoms with van der Waals surface area (Å²) >= 11 is 0. The molecular weight excluding hydrogens is 574 g/mol. The molecule has 5 aromatic rings. The number of rotatable bonds is 10. The van der Waals surface area contributed by atoms with E-state index >= 15 is 0 Å². The standard InChI is InChI=1S/C44H33NO2/c1-5-14-31(6-2)32-21-24-36(25-22-32)45(42-18-13-12-17-40(42)33-15-10-9-11-16-33)37-26-23-34-27-30(19-20-35(34)29-37)28-41-43(46)38(7-3)39(8-4)44(41)47/h5-29H,1-4H2/b31-14+. The van der Waals surface area contributed by atoms with Gasteiger partial charge in [0.25, 0.3) is 0 Å². The average Bonchev–Trinajstić information content (AvgIpc) is 3.35. The van der Waals surface area contributed by atoms with Crippen LogP contribution in [0.3, 0.4) is 0 Å². The van der Waals surface area contributed by atoms with E-state index in [2.05, 4.69) is 122 Å². The molecule has 3 heteroatoms. The van der Waals surface area contributed by atoms with E-state index in [-0.39, 0.29) is 17.1 Å². The predicted molar refractivity (Wildman–Crippen MR) is 198 cm³/mol. The Hall–Kier alpha value is -6.32. The van der Waals surface area contributed by atoms with Crippen molar-refractivity contribution < 1.29 is 9.59 Å². The topological polar surface area (TPSA) is 37.4 Å². The van der Waals surface area contributed by atoms with Gasteiger partial charge in [0.2, 0.25) is 0 Å². The lowest BCUT2D eigenvalue weighted by atomic mass is 9.99. The van der Waals surface area contributed by atoms with E-state index in [1.807, 2.05) is 36.4 Å². The van der Waals surface area contributed by atoms with Crippen LogP contribution in [0.5, 0.6) is 0 Å². The molecule has 0 aromatic heterocycles. The number of nitrogens with zero attached hydrogens (tertiary/aromatic N) is 1. The number of benzene rings is 5. The van der Waals surface area contributed by atoms with Gasteiger partial charge in [-0.2, -0.15) is 0 Å². The molecule has 0 N–H and O–H groups in total. The van der Waals surface area contributed by atoms with Gasteiger partial charge in [-0.05, 0) is 75.5 Å². The lowest BCUT2D eigenvalue weighted by Gasteiger charge is -2.28. The van der Waals surface area contributed by atoms with E-state index in [0.717, 1.165) is 55.7 Å². The molecule has 0 fully saturated rings. The summed E-state index contributed by atoms with van der Waals surface area (Å²) in [6, 6.07) is 39.5. The fourth-order valence-electron chi connectivity index (χ4n) is 5.99. The second kappa shape index (κ2) is 13.4. The van der Waals surface area contributed by atoms with Crippen molar-refractivity contribution in [1.29, 1.82) is 0 Å². The second-order valence-corrected chi connectivity index (χ2v) is 11.1. The van der Waals surface area contributed by atoms with Crippen LogP contribution in [0.25, 0.3) is 33.5 Å². The summed E-state index contributed by atoms with van der Waals surface area (Å²) < 4.78 is 0. The zero-order chi connectivity index (χ0) is 32.9. The monoisotopic (exact) mass is 607 g/mol. The minimum atomic E-state index is -0.325. The highest BCUT2D eigenvalue weighted by molar-refractivity contribution is 6.41. The minimum absolute atomic E-state index is 0.125. The van der Waals surface area contributed by atoms with Crippen molar-refractivity contribution in [3.05, 3.63) is 200 Å². The molecule has 0 saturated heterocycles. The Morgan fingerprint density at radius 3 is 1.89 bits per heavy atom. The second-order valence-electron chi connectivity index (χ2n) is 11.1. The molecule has 226 valence electrons. The van der Waals surface area contributed by atoms with Crippen LogP contribution in [0.2, 0.25) is 0 Å². The van der Waals surface area contributed by atoms with Gasteiger partial charge in [0.15, 0.2) is 11.6 Å². The van der Waals surface area contributed by atoms with Crippen molar-refractivity contribution in [3.63, 3.8) is 0 Å². The Morgan fingerprint density at radius 2 is 1.23 bits per heavy atom. The molecule has 0 saturated carbocycles. The average molecular weight is 608 g/mol. The maximum absolute atomic E-state index is 12.9. The van der Waals surface area contributed by atoms with Gasteiger partial charge in [0.1, 0.15) is 0 Å². The zero-order valence-corrected chi connectivity index (χ0v) is 26.0. The normalized spacial score (nSPS) is 13.1. The number of fused-ring (bicyclic) bond motifs is 1. The third-order valence-corrected chi connectivity index (χ3v) is 8.30. The highest BCUT2D eigenvalue weighted by atomic mass is 16.2. The highest BCUT2D eigenvalue weighted by Crippen LogP contribution is 2.42. The number of allylic oxidation sites excluding steroid dienone is 9. The van der Waals surface area contributed by atoms with E-state index in [4.69, 9.17) is 0 Å². The maximum atomic E-state index is 12.9. The summed E-state index contributed by atoms with van der Waals surface area (Å²) in [6.45, 7) is 15.2. The number of anilines is 3. The number of para-hydroxylation sites is 1. The lowest BCUT2D eigenvalue weighted by Crippen LogP contribution is -2.11. The van der Waals surface area contributed by atoms with E-state index < -0.39 is 0 Å². The fraction of sp³-hybridized carbons (Fsp3) is 0. The minimum Gasteiger partial charge on any atom is -0.310 e. The first kappa shape index (κ1) is 30.7. The van der Waals surface area contributed by atoms with Gasteiger partial charge in [0.05, 0.1) is 11.3 Å². The molecule has 47 heavy (non-hydrogen) atoms. The van der Waals surface area contributed by atoms with Crippen molar-refractivity contribution in [2.24, 2.45) is 0 Å². The zero-order valence-electron chi connectivity index (χ0n) is 26.0. The molecule has 5 aromatic carbocycles. The molecular formula is C44H33NO2. The first-order valence-electron chi connectivity index (χ1n) is 15.3. The van der Waals surface area contributed by atoms with E-state index in [1.165, 1.54) is 12.2 Å².